The summed E-state index contributed by atoms with van der Waals surface area (Å²) in [6.07, 6.45) is 9.65. The molecule has 2 saturated heterocycles. The molecular weight excluding hydrogens is 248 g/mol. The topological polar surface area (TPSA) is 52.0 Å². The van der Waals surface area contributed by atoms with E-state index in [1.165, 1.54) is 25.7 Å². The van der Waals surface area contributed by atoms with Crippen LogP contribution in [0.5, 0.6) is 0 Å². The molecule has 2 bridgehead atoms. The summed E-state index contributed by atoms with van der Waals surface area (Å²) in [6, 6.07) is 6.02. The molecule has 20 heavy (non-hydrogen) atoms. The molecule has 1 aromatic rings. The zero-order chi connectivity index (χ0) is 13.9. The van der Waals surface area contributed by atoms with Crippen molar-refractivity contribution in [2.75, 3.05) is 11.4 Å². The molecule has 2 fully saturated rings. The zero-order valence-corrected chi connectivity index (χ0v) is 12.0. The Labute approximate surface area is 120 Å². The SMILES string of the molecule is CCCN(c1cnccc1C#N)C1CC2CCC(C1)N2. The Hall–Kier alpha value is -1.60. The van der Waals surface area contributed by atoms with Crippen LogP contribution in [-0.4, -0.2) is 29.7 Å². The van der Waals surface area contributed by atoms with Crippen molar-refractivity contribution < 1.29 is 0 Å². The Morgan fingerprint density at radius 3 is 2.80 bits per heavy atom. The largest absolute Gasteiger partial charge is 0.366 e. The summed E-state index contributed by atoms with van der Waals surface area (Å²) >= 11 is 0. The number of nitrogens with zero attached hydrogens (tertiary/aromatic N) is 3. The molecule has 0 saturated carbocycles. The van der Waals surface area contributed by atoms with E-state index in [0.29, 0.717) is 18.1 Å². The minimum absolute atomic E-state index is 0.546. The smallest absolute Gasteiger partial charge is 0.101 e. The molecule has 0 radical (unpaired) electrons. The number of hydrogen-bond acceptors (Lipinski definition) is 4. The van der Waals surface area contributed by atoms with Gasteiger partial charge < -0.3 is 10.2 Å². The minimum Gasteiger partial charge on any atom is -0.366 e. The van der Waals surface area contributed by atoms with Crippen molar-refractivity contribution in [2.45, 2.75) is 57.2 Å². The highest BCUT2D eigenvalue weighted by atomic mass is 15.2. The van der Waals surface area contributed by atoms with Crippen LogP contribution in [0.25, 0.3) is 0 Å². The van der Waals surface area contributed by atoms with Gasteiger partial charge in [-0.15, -0.1) is 0 Å². The molecule has 2 atom stereocenters. The van der Waals surface area contributed by atoms with Crippen LogP contribution in [0.3, 0.4) is 0 Å². The number of pyridine rings is 1. The van der Waals surface area contributed by atoms with E-state index in [0.717, 1.165) is 24.2 Å². The molecule has 3 rings (SSSR count). The lowest BCUT2D eigenvalue weighted by atomic mass is 9.97. The monoisotopic (exact) mass is 270 g/mol. The quantitative estimate of drug-likeness (QED) is 0.913. The maximum Gasteiger partial charge on any atom is 0.101 e. The van der Waals surface area contributed by atoms with Gasteiger partial charge in [-0.25, -0.2) is 0 Å². The van der Waals surface area contributed by atoms with E-state index in [1.807, 2.05) is 12.3 Å². The van der Waals surface area contributed by atoms with Gasteiger partial charge in [-0.2, -0.15) is 5.26 Å². The van der Waals surface area contributed by atoms with Gasteiger partial charge >= 0.3 is 0 Å². The van der Waals surface area contributed by atoms with Gasteiger partial charge in [0.2, 0.25) is 0 Å². The first-order valence-electron chi connectivity index (χ1n) is 7.68. The van der Waals surface area contributed by atoms with E-state index >= 15 is 0 Å². The highest BCUT2D eigenvalue weighted by molar-refractivity contribution is 5.58. The van der Waals surface area contributed by atoms with E-state index in [4.69, 9.17) is 0 Å². The third-order valence-electron chi connectivity index (χ3n) is 4.58. The van der Waals surface area contributed by atoms with E-state index in [9.17, 15) is 5.26 Å². The predicted molar refractivity (Wildman–Crippen MR) is 79.6 cm³/mol. The van der Waals surface area contributed by atoms with Gasteiger partial charge in [0.25, 0.3) is 0 Å². The summed E-state index contributed by atoms with van der Waals surface area (Å²) in [4.78, 5) is 6.66. The summed E-state index contributed by atoms with van der Waals surface area (Å²) in [5, 5.41) is 13.0. The lowest BCUT2D eigenvalue weighted by Gasteiger charge is -2.39. The van der Waals surface area contributed by atoms with E-state index in [1.54, 1.807) is 6.20 Å². The van der Waals surface area contributed by atoms with E-state index in [-0.39, 0.29) is 0 Å². The number of nitriles is 1. The lowest BCUT2D eigenvalue weighted by molar-refractivity contribution is 0.346. The second-order valence-corrected chi connectivity index (χ2v) is 5.96. The van der Waals surface area contributed by atoms with Crippen LogP contribution >= 0.6 is 0 Å². The van der Waals surface area contributed by atoms with Crippen molar-refractivity contribution in [1.29, 1.82) is 5.26 Å². The van der Waals surface area contributed by atoms with Crippen LogP contribution in [0.15, 0.2) is 18.5 Å². The normalized spacial score (nSPS) is 28.1. The van der Waals surface area contributed by atoms with Gasteiger partial charge in [0.05, 0.1) is 17.4 Å². The third-order valence-corrected chi connectivity index (χ3v) is 4.58. The van der Waals surface area contributed by atoms with E-state index in [2.05, 4.69) is 28.2 Å². The highest BCUT2D eigenvalue weighted by Gasteiger charge is 2.36. The summed E-state index contributed by atoms with van der Waals surface area (Å²) in [5.74, 6) is 0. The summed E-state index contributed by atoms with van der Waals surface area (Å²) < 4.78 is 0. The second-order valence-electron chi connectivity index (χ2n) is 5.96. The maximum atomic E-state index is 9.33. The number of fused-ring (bicyclic) bond motifs is 2. The predicted octanol–water partition coefficient (Wildman–Crippen LogP) is 2.45. The van der Waals surface area contributed by atoms with Crippen LogP contribution < -0.4 is 10.2 Å². The molecule has 2 unspecified atom stereocenters. The average molecular weight is 270 g/mol. The maximum absolute atomic E-state index is 9.33. The fourth-order valence-electron chi connectivity index (χ4n) is 3.73. The molecule has 1 aromatic heterocycles. The molecule has 106 valence electrons. The fourth-order valence-corrected chi connectivity index (χ4v) is 3.73. The summed E-state index contributed by atoms with van der Waals surface area (Å²) in [7, 11) is 0. The number of piperidine rings is 1. The van der Waals surface area contributed by atoms with Gasteiger partial charge in [0.15, 0.2) is 0 Å². The summed E-state index contributed by atoms with van der Waals surface area (Å²) in [5.41, 5.74) is 1.77. The third kappa shape index (κ3) is 2.51. The molecular formula is C16H22N4. The van der Waals surface area contributed by atoms with Gasteiger partial charge in [-0.3, -0.25) is 4.98 Å². The van der Waals surface area contributed by atoms with Crippen LogP contribution in [0.2, 0.25) is 0 Å². The summed E-state index contributed by atoms with van der Waals surface area (Å²) in [6.45, 7) is 3.20. The number of nitrogens with one attached hydrogen (secondary N) is 1. The molecule has 4 nitrogen and oxygen atoms in total. The fraction of sp³-hybridized carbons (Fsp3) is 0.625. The van der Waals surface area contributed by atoms with E-state index < -0.39 is 0 Å². The second kappa shape index (κ2) is 5.80. The number of anilines is 1. The molecule has 0 amide bonds. The first-order valence-corrected chi connectivity index (χ1v) is 7.68. The molecule has 1 N–H and O–H groups in total. The average Bonchev–Trinajstić information content (AvgIpc) is 2.83. The first-order chi connectivity index (χ1) is 9.81. The molecule has 0 aromatic carbocycles. The van der Waals surface area contributed by atoms with Crippen molar-refractivity contribution in [2.24, 2.45) is 0 Å². The van der Waals surface area contributed by atoms with Gasteiger partial charge in [0.1, 0.15) is 6.07 Å². The van der Waals surface area contributed by atoms with Crippen LogP contribution in [0, 0.1) is 11.3 Å². The Bertz CT molecular complexity index is 495. The van der Waals surface area contributed by atoms with Crippen LogP contribution in [0.1, 0.15) is 44.6 Å². The number of aromatic nitrogens is 1. The number of rotatable bonds is 4. The molecule has 0 aliphatic carbocycles. The zero-order valence-electron chi connectivity index (χ0n) is 12.0. The Balaban J connectivity index is 1.87. The van der Waals surface area contributed by atoms with Crippen molar-refractivity contribution >= 4 is 5.69 Å². The molecule has 3 heterocycles. The molecule has 0 spiro atoms. The molecule has 2 aliphatic rings. The van der Waals surface area contributed by atoms with Gasteiger partial charge in [0, 0.05) is 30.9 Å². The van der Waals surface area contributed by atoms with Crippen molar-refractivity contribution in [1.82, 2.24) is 10.3 Å². The molecule has 2 aliphatic heterocycles. The Morgan fingerprint density at radius 2 is 2.15 bits per heavy atom. The standard InChI is InChI=1S/C16H22N4/c1-2-7-20(16-11-18-6-5-12(16)10-17)15-8-13-3-4-14(9-15)19-13/h5-6,11,13-15,19H,2-4,7-9H2,1H3. The minimum atomic E-state index is 0.546. The Morgan fingerprint density at radius 1 is 1.40 bits per heavy atom. The van der Waals surface area contributed by atoms with Crippen molar-refractivity contribution in [3.05, 3.63) is 24.0 Å². The lowest BCUT2D eigenvalue weighted by Crippen LogP contribution is -2.48. The first kappa shape index (κ1) is 13.4. The van der Waals surface area contributed by atoms with Crippen molar-refractivity contribution in [3.63, 3.8) is 0 Å². The van der Waals surface area contributed by atoms with Crippen LogP contribution in [-0.2, 0) is 0 Å². The number of hydrogen-bond donors (Lipinski definition) is 1. The molecule has 4 heteroatoms. The van der Waals surface area contributed by atoms with Gasteiger partial charge in [-0.1, -0.05) is 6.92 Å². The highest BCUT2D eigenvalue weighted by Crippen LogP contribution is 2.33. The van der Waals surface area contributed by atoms with Gasteiger partial charge in [-0.05, 0) is 38.2 Å². The van der Waals surface area contributed by atoms with Crippen molar-refractivity contribution in [3.8, 4) is 6.07 Å². The Kier molecular flexibility index (Phi) is 3.88. The van der Waals surface area contributed by atoms with Crippen LogP contribution in [0.4, 0.5) is 5.69 Å².